The summed E-state index contributed by atoms with van der Waals surface area (Å²) in [5.74, 6) is 0. The van der Waals surface area contributed by atoms with Gasteiger partial charge in [0.2, 0.25) is 6.34 Å². The van der Waals surface area contributed by atoms with Crippen LogP contribution in [0.3, 0.4) is 0 Å². The van der Waals surface area contributed by atoms with Gasteiger partial charge < -0.3 is 0 Å². The summed E-state index contributed by atoms with van der Waals surface area (Å²) >= 11 is 0. The zero-order valence-corrected chi connectivity index (χ0v) is 5.02. The predicted octanol–water partition coefficient (Wildman–Crippen LogP) is 0.0257. The topological polar surface area (TPSA) is 29.0 Å². The summed E-state index contributed by atoms with van der Waals surface area (Å²) in [6.45, 7) is 6.17. The van der Waals surface area contributed by atoms with Gasteiger partial charge >= 0.3 is 0 Å². The maximum atomic E-state index is 5.19. The van der Waals surface area contributed by atoms with Crippen LogP contribution in [0.5, 0.6) is 0 Å². The lowest BCUT2D eigenvalue weighted by Gasteiger charge is -1.93. The lowest BCUT2D eigenvalue weighted by molar-refractivity contribution is -0.516. The van der Waals surface area contributed by atoms with Gasteiger partial charge in [0, 0.05) is 0 Å². The highest BCUT2D eigenvalue weighted by molar-refractivity contribution is 5.44. The Morgan fingerprint density at radius 2 is 1.86 bits per heavy atom. The van der Waals surface area contributed by atoms with Gasteiger partial charge in [-0.05, 0) is 13.8 Å². The summed E-state index contributed by atoms with van der Waals surface area (Å²) in [7, 11) is 0. The van der Waals surface area contributed by atoms with Crippen LogP contribution in [0.15, 0.2) is 0 Å². The van der Waals surface area contributed by atoms with E-state index in [0.29, 0.717) is 0 Å². The Morgan fingerprint density at radius 1 is 1.43 bits per heavy atom. The van der Waals surface area contributed by atoms with Crippen LogP contribution >= 0.6 is 0 Å². The smallest absolute Gasteiger partial charge is 0.229 e. The largest absolute Gasteiger partial charge is 0.294 e. The highest BCUT2D eigenvalue weighted by Crippen LogP contribution is 1.66. The average Bonchev–Trinajstić information content (AvgIpc) is 1.72. The molecule has 0 unspecified atom stereocenters. The van der Waals surface area contributed by atoms with Gasteiger partial charge in [0.25, 0.3) is 0 Å². The Kier molecular flexibility index (Phi) is 3.38. The fourth-order valence-electron chi connectivity index (χ4n) is 0.434. The van der Waals surface area contributed by atoms with Crippen molar-refractivity contribution < 1.29 is 4.58 Å². The van der Waals surface area contributed by atoms with Crippen LogP contribution in [0.25, 0.3) is 0 Å². The minimum absolute atomic E-state index is 1.01. The van der Waals surface area contributed by atoms with Crippen molar-refractivity contribution in [1.29, 1.82) is 0 Å². The quantitative estimate of drug-likeness (QED) is 0.297. The van der Waals surface area contributed by atoms with Gasteiger partial charge in [0.15, 0.2) is 0 Å². The standard InChI is InChI=1S/C5H12N2/c1-3-7(4-2)5-6/h5-6H,3-4H2,1-2H3/p+1. The monoisotopic (exact) mass is 101 g/mol. The van der Waals surface area contributed by atoms with Crippen molar-refractivity contribution in [1.82, 2.24) is 0 Å². The molecule has 0 aromatic heterocycles. The van der Waals surface area contributed by atoms with E-state index in [4.69, 9.17) is 5.73 Å². The van der Waals surface area contributed by atoms with Gasteiger partial charge in [0.1, 0.15) is 0 Å². The van der Waals surface area contributed by atoms with E-state index in [-0.39, 0.29) is 0 Å². The summed E-state index contributed by atoms with van der Waals surface area (Å²) in [5, 5.41) is 0. The predicted molar refractivity (Wildman–Crippen MR) is 31.6 cm³/mol. The van der Waals surface area contributed by atoms with E-state index in [1.165, 1.54) is 0 Å². The summed E-state index contributed by atoms with van der Waals surface area (Å²) < 4.78 is 2.03. The van der Waals surface area contributed by atoms with E-state index in [1.54, 1.807) is 6.34 Å². The highest BCUT2D eigenvalue weighted by Gasteiger charge is 1.83. The minimum Gasteiger partial charge on any atom is -0.294 e. The zero-order valence-electron chi connectivity index (χ0n) is 5.02. The molecule has 0 fully saturated rings. The molecule has 2 nitrogen and oxygen atoms in total. The maximum absolute atomic E-state index is 5.19. The Bertz CT molecular complexity index is 60.5. The second-order valence-electron chi connectivity index (χ2n) is 1.37. The van der Waals surface area contributed by atoms with E-state index in [9.17, 15) is 0 Å². The van der Waals surface area contributed by atoms with Crippen LogP contribution in [0.2, 0.25) is 0 Å². The zero-order chi connectivity index (χ0) is 5.70. The van der Waals surface area contributed by atoms with Crippen molar-refractivity contribution in [3.8, 4) is 0 Å². The fraction of sp³-hybridized carbons (Fsp3) is 0.800. The van der Waals surface area contributed by atoms with Gasteiger partial charge in [-0.3, -0.25) is 10.3 Å². The van der Waals surface area contributed by atoms with Crippen LogP contribution in [-0.2, 0) is 0 Å². The molecule has 0 aromatic rings. The summed E-state index contributed by atoms with van der Waals surface area (Å²) in [5.41, 5.74) is 5.19. The third-order valence-corrected chi connectivity index (χ3v) is 1.02. The molecule has 0 aliphatic carbocycles. The molecule has 0 aliphatic rings. The first-order valence-electron chi connectivity index (χ1n) is 2.64. The second-order valence-corrected chi connectivity index (χ2v) is 1.37. The van der Waals surface area contributed by atoms with Gasteiger partial charge in [-0.2, -0.15) is 0 Å². The van der Waals surface area contributed by atoms with E-state index < -0.39 is 0 Å². The second kappa shape index (κ2) is 3.65. The third kappa shape index (κ3) is 2.20. The van der Waals surface area contributed by atoms with Crippen molar-refractivity contribution in [2.45, 2.75) is 13.8 Å². The SMILES string of the molecule is CC[N+](=CN)CC. The van der Waals surface area contributed by atoms with Crippen LogP contribution < -0.4 is 5.73 Å². The number of rotatable bonds is 2. The highest BCUT2D eigenvalue weighted by atomic mass is 15.0. The number of nitrogens with two attached hydrogens (primary N) is 1. The van der Waals surface area contributed by atoms with E-state index in [1.807, 2.05) is 4.58 Å². The average molecular weight is 101 g/mol. The van der Waals surface area contributed by atoms with Gasteiger partial charge in [-0.25, -0.2) is 0 Å². The van der Waals surface area contributed by atoms with Crippen LogP contribution in [0.1, 0.15) is 13.8 Å². The number of hydrogen-bond donors (Lipinski definition) is 1. The molecule has 0 amide bonds. The Morgan fingerprint density at radius 3 is 1.86 bits per heavy atom. The molecule has 7 heavy (non-hydrogen) atoms. The number of hydrogen-bond acceptors (Lipinski definition) is 0. The van der Waals surface area contributed by atoms with Gasteiger partial charge in [-0.1, -0.05) is 0 Å². The Labute approximate surface area is 44.6 Å². The molecule has 0 heterocycles. The minimum atomic E-state index is 1.01. The molecule has 0 aromatic carbocycles. The van der Waals surface area contributed by atoms with Crippen molar-refractivity contribution >= 4 is 6.34 Å². The molecular weight excluding hydrogens is 88.1 g/mol. The molecule has 42 valence electrons. The first-order valence-corrected chi connectivity index (χ1v) is 2.64. The fourth-order valence-corrected chi connectivity index (χ4v) is 0.434. The molecule has 0 saturated carbocycles. The maximum Gasteiger partial charge on any atom is 0.229 e. The van der Waals surface area contributed by atoms with E-state index >= 15 is 0 Å². The van der Waals surface area contributed by atoms with Crippen molar-refractivity contribution in [3.05, 3.63) is 0 Å². The molecular formula is C5H13N2+. The van der Waals surface area contributed by atoms with Gasteiger partial charge in [0.05, 0.1) is 13.1 Å². The molecule has 0 spiro atoms. The van der Waals surface area contributed by atoms with E-state index in [0.717, 1.165) is 13.1 Å². The molecule has 0 bridgehead atoms. The van der Waals surface area contributed by atoms with Gasteiger partial charge in [-0.15, -0.1) is 0 Å². The number of nitrogens with zero attached hydrogens (tertiary/aromatic N) is 1. The van der Waals surface area contributed by atoms with Crippen LogP contribution in [0, 0.1) is 0 Å². The molecule has 2 heteroatoms. The molecule has 0 aliphatic heterocycles. The van der Waals surface area contributed by atoms with E-state index in [2.05, 4.69) is 13.8 Å². The van der Waals surface area contributed by atoms with Crippen molar-refractivity contribution in [2.75, 3.05) is 13.1 Å². The van der Waals surface area contributed by atoms with Crippen LogP contribution in [0.4, 0.5) is 0 Å². The third-order valence-electron chi connectivity index (χ3n) is 1.02. The molecule has 0 atom stereocenters. The van der Waals surface area contributed by atoms with Crippen LogP contribution in [-0.4, -0.2) is 24.0 Å². The lowest BCUT2D eigenvalue weighted by Crippen LogP contribution is -2.16. The summed E-state index contributed by atoms with van der Waals surface area (Å²) in [4.78, 5) is 0. The molecule has 0 saturated heterocycles. The lowest BCUT2D eigenvalue weighted by atomic mass is 10.6. The first-order chi connectivity index (χ1) is 3.35. The Balaban J connectivity index is 3.38. The normalized spacial score (nSPS) is 8.29. The molecule has 0 radical (unpaired) electrons. The summed E-state index contributed by atoms with van der Waals surface area (Å²) in [6, 6.07) is 0. The molecule has 2 N–H and O–H groups in total. The van der Waals surface area contributed by atoms with Crippen molar-refractivity contribution in [2.24, 2.45) is 5.73 Å². The first kappa shape index (κ1) is 6.47. The summed E-state index contributed by atoms with van der Waals surface area (Å²) in [6.07, 6.45) is 1.61. The molecule has 0 rings (SSSR count). The Hall–Kier alpha value is -0.530. The van der Waals surface area contributed by atoms with Crippen molar-refractivity contribution in [3.63, 3.8) is 0 Å².